The van der Waals surface area contributed by atoms with Crippen LogP contribution >= 0.6 is 0 Å². The summed E-state index contributed by atoms with van der Waals surface area (Å²) in [5.74, 6) is -1.27. The molecule has 2 aromatic heterocycles. The largest absolute Gasteiger partial charge is 0.383 e. The number of benzene rings is 1. The second-order valence-electron chi connectivity index (χ2n) is 10.2. The molecule has 1 atom stereocenters. The first-order valence-electron chi connectivity index (χ1n) is 12.3. The number of hydrogen-bond donors (Lipinski definition) is 4. The molecule has 5 rings (SSSR count). The molecule has 186 valence electrons. The quantitative estimate of drug-likeness (QED) is 0.352. The van der Waals surface area contributed by atoms with Gasteiger partial charge in [0.25, 0.3) is 0 Å². The van der Waals surface area contributed by atoms with Gasteiger partial charge in [0.15, 0.2) is 5.82 Å². The Morgan fingerprint density at radius 3 is 2.72 bits per heavy atom. The van der Waals surface area contributed by atoms with Gasteiger partial charge < -0.3 is 16.1 Å². The number of nitriles is 1. The Kier molecular flexibility index (Phi) is 5.77. The highest BCUT2D eigenvalue weighted by Crippen LogP contribution is 2.35. The van der Waals surface area contributed by atoms with Gasteiger partial charge in [-0.15, -0.1) is 5.53 Å². The maximum Gasteiger partial charge on any atom is 0.212 e. The Labute approximate surface area is 209 Å². The molecular weight excluding hydrogens is 462 g/mol. The van der Waals surface area contributed by atoms with Crippen LogP contribution in [0.3, 0.4) is 0 Å². The summed E-state index contributed by atoms with van der Waals surface area (Å²) in [5.41, 5.74) is 7.92. The van der Waals surface area contributed by atoms with E-state index in [-0.39, 0.29) is 22.2 Å². The van der Waals surface area contributed by atoms with Crippen molar-refractivity contribution in [2.75, 3.05) is 17.2 Å². The van der Waals surface area contributed by atoms with Gasteiger partial charge in [-0.25, -0.2) is 9.37 Å². The van der Waals surface area contributed by atoms with Crippen molar-refractivity contribution >= 4 is 22.3 Å². The van der Waals surface area contributed by atoms with Crippen molar-refractivity contribution < 1.29 is 10.2 Å². The molecule has 1 unspecified atom stereocenters. The maximum absolute atomic E-state index is 15.3. The highest BCUT2D eigenvalue weighted by atomic mass is 19.1. The molecule has 1 aliphatic carbocycles. The molecule has 1 fully saturated rings. The number of aromatic nitrogens is 2. The molecule has 8 nitrogen and oxygen atoms in total. The van der Waals surface area contributed by atoms with Crippen molar-refractivity contribution in [2.45, 2.75) is 45.7 Å². The van der Waals surface area contributed by atoms with Crippen LogP contribution in [0.4, 0.5) is 20.2 Å². The molecule has 0 saturated heterocycles. The van der Waals surface area contributed by atoms with Gasteiger partial charge in [0.1, 0.15) is 11.6 Å². The molecule has 10 heteroatoms. The van der Waals surface area contributed by atoms with Gasteiger partial charge in [0, 0.05) is 42.3 Å². The Bertz CT molecular complexity index is 1410. The van der Waals surface area contributed by atoms with E-state index in [1.165, 1.54) is 30.6 Å². The van der Waals surface area contributed by atoms with Crippen molar-refractivity contribution in [1.29, 1.82) is 5.26 Å². The fourth-order valence-electron chi connectivity index (χ4n) is 3.93. The Hall–Kier alpha value is -3.97. The molecule has 0 amide bonds. The zero-order chi connectivity index (χ0) is 26.4. The zero-order valence-electron chi connectivity index (χ0n) is 21.3. The topological polar surface area (TPSA) is 101 Å². The zero-order valence-corrected chi connectivity index (χ0v) is 20.3. The maximum atomic E-state index is 15.3. The summed E-state index contributed by atoms with van der Waals surface area (Å²) >= 11 is 0. The van der Waals surface area contributed by atoms with Crippen LogP contribution in [0.25, 0.3) is 10.9 Å². The van der Waals surface area contributed by atoms with E-state index in [0.717, 1.165) is 12.8 Å². The Morgan fingerprint density at radius 1 is 1.25 bits per heavy atom. The predicted octanol–water partition coefficient (Wildman–Crippen LogP) is 4.72. The van der Waals surface area contributed by atoms with E-state index in [9.17, 15) is 11.0 Å². The van der Waals surface area contributed by atoms with Crippen LogP contribution in [0.15, 0.2) is 48.6 Å². The predicted molar refractivity (Wildman–Crippen MR) is 134 cm³/mol. The van der Waals surface area contributed by atoms with Gasteiger partial charge in [0.05, 0.1) is 24.3 Å². The summed E-state index contributed by atoms with van der Waals surface area (Å²) in [6.45, 7) is 6.70. The lowest BCUT2D eigenvalue weighted by Crippen LogP contribution is -2.38. The monoisotopic (exact) mass is 491 g/mol. The van der Waals surface area contributed by atoms with Crippen LogP contribution in [0.1, 0.15) is 52.1 Å². The van der Waals surface area contributed by atoms with Gasteiger partial charge >= 0.3 is 0 Å². The molecule has 1 aliphatic heterocycles. The first-order chi connectivity index (χ1) is 17.6. The number of nitrogens with zero attached hydrogens (tertiary/aromatic N) is 4. The molecule has 0 radical (unpaired) electrons. The second-order valence-corrected chi connectivity index (χ2v) is 10.2. The summed E-state index contributed by atoms with van der Waals surface area (Å²) in [7, 11) is 0. The fraction of sp³-hybridized carbons (Fsp3) is 0.346. The fourth-order valence-corrected chi connectivity index (χ4v) is 3.93. The molecule has 0 bridgehead atoms. The smallest absolute Gasteiger partial charge is 0.212 e. The number of fused-ring (bicyclic) bond motifs is 1. The van der Waals surface area contributed by atoms with Crippen molar-refractivity contribution in [3.05, 3.63) is 71.4 Å². The number of hydrazine groups is 2. The second kappa shape index (κ2) is 9.24. The van der Waals surface area contributed by atoms with E-state index in [1.54, 1.807) is 12.3 Å². The summed E-state index contributed by atoms with van der Waals surface area (Å²) in [5, 5.41) is 18.4. The first-order valence-corrected chi connectivity index (χ1v) is 11.8. The van der Waals surface area contributed by atoms with E-state index in [1.807, 2.05) is 5.01 Å². The molecular formula is C26H28F2N8. The third-order valence-corrected chi connectivity index (χ3v) is 5.92. The average Bonchev–Trinajstić information content (AvgIpc) is 3.58. The van der Waals surface area contributed by atoms with Gasteiger partial charge in [-0.1, -0.05) is 26.8 Å². The number of pyridine rings is 2. The number of hydrogen-bond acceptors (Lipinski definition) is 8. The van der Waals surface area contributed by atoms with Crippen molar-refractivity contribution in [3.63, 3.8) is 0 Å². The molecule has 0 spiro atoms. The third kappa shape index (κ3) is 5.02. The molecule has 1 saturated carbocycles. The van der Waals surface area contributed by atoms with Crippen molar-refractivity contribution in [1.82, 2.24) is 25.9 Å². The van der Waals surface area contributed by atoms with Crippen molar-refractivity contribution in [2.24, 2.45) is 5.41 Å². The lowest BCUT2D eigenvalue weighted by molar-refractivity contribution is 0.260. The minimum Gasteiger partial charge on any atom is -0.383 e. The van der Waals surface area contributed by atoms with Crippen LogP contribution in [-0.4, -0.2) is 27.6 Å². The Morgan fingerprint density at radius 2 is 2.06 bits per heavy atom. The van der Waals surface area contributed by atoms with Crippen LogP contribution < -0.4 is 21.6 Å². The molecule has 36 heavy (non-hydrogen) atoms. The minimum absolute atomic E-state index is 0.0936. The standard InChI is InChI=1S/C26H28F2N8/c1-26(2,3)14-32-23-16(10-29)12-31-25-19(23)8-17(9-20(25)27)33-24(15-4-7-22(28)30-11-15)21-13-36(35-34-21)18-5-6-18/h4,7-9,11-13,18,24,33-35H,5-6,14H2,1-3H3,(H,31,32)/i24D. The first kappa shape index (κ1) is 22.5. The lowest BCUT2D eigenvalue weighted by Gasteiger charge is -2.23. The molecule has 3 heterocycles. The van der Waals surface area contributed by atoms with Gasteiger partial charge in [0.2, 0.25) is 5.95 Å². The highest BCUT2D eigenvalue weighted by Gasteiger charge is 2.32. The lowest BCUT2D eigenvalue weighted by atomic mass is 9.96. The molecule has 3 aromatic rings. The average molecular weight is 492 g/mol. The SMILES string of the molecule is [2H]C(Nc1cc(F)c2ncc(C#N)c(NCC(C)(C)C)c2c1)(C1=CN(C2CC2)NN1)c1ccc(F)nc1. The highest BCUT2D eigenvalue weighted by molar-refractivity contribution is 5.96. The summed E-state index contributed by atoms with van der Waals surface area (Å²) in [4.78, 5) is 7.90. The van der Waals surface area contributed by atoms with E-state index in [2.05, 4.69) is 58.4 Å². The molecule has 1 aromatic carbocycles. The third-order valence-electron chi connectivity index (χ3n) is 5.92. The summed E-state index contributed by atoms with van der Waals surface area (Å²) in [6, 6.07) is 6.36. The van der Waals surface area contributed by atoms with Gasteiger partial charge in [-0.2, -0.15) is 9.65 Å². The number of anilines is 2. The van der Waals surface area contributed by atoms with E-state index >= 15 is 4.39 Å². The Balaban J connectivity index is 1.60. The van der Waals surface area contributed by atoms with Gasteiger partial charge in [-0.05, 0) is 42.0 Å². The van der Waals surface area contributed by atoms with Crippen LogP contribution in [0.5, 0.6) is 0 Å². The van der Waals surface area contributed by atoms with E-state index in [4.69, 9.17) is 0 Å². The van der Waals surface area contributed by atoms with Crippen molar-refractivity contribution in [3.8, 4) is 6.07 Å². The van der Waals surface area contributed by atoms with Crippen LogP contribution in [0, 0.1) is 28.5 Å². The number of nitrogens with one attached hydrogen (secondary N) is 4. The summed E-state index contributed by atoms with van der Waals surface area (Å²) in [6.07, 6.45) is 6.48. The number of rotatable bonds is 7. The van der Waals surface area contributed by atoms with E-state index in [0.29, 0.717) is 34.9 Å². The van der Waals surface area contributed by atoms with Crippen LogP contribution in [0.2, 0.25) is 0 Å². The normalized spacial score (nSPS) is 17.6. The summed E-state index contributed by atoms with van der Waals surface area (Å²) < 4.78 is 38.4. The van der Waals surface area contributed by atoms with E-state index < -0.39 is 17.8 Å². The van der Waals surface area contributed by atoms with Gasteiger partial charge in [-0.3, -0.25) is 9.99 Å². The molecule has 4 N–H and O–H groups in total. The minimum atomic E-state index is -1.67. The van der Waals surface area contributed by atoms with Crippen LogP contribution in [-0.2, 0) is 0 Å². The number of halogens is 2. The molecule has 2 aliphatic rings.